The topological polar surface area (TPSA) is 20.2 Å². The molecule has 0 heterocycles. The maximum atomic E-state index is 8.74. The Hall–Kier alpha value is -0.820. The van der Waals surface area contributed by atoms with Crippen molar-refractivity contribution >= 4 is 0 Å². The van der Waals surface area contributed by atoms with Gasteiger partial charge in [-0.25, -0.2) is 0 Å². The fraction of sp³-hybridized carbons (Fsp3) is 0.769. The third kappa shape index (κ3) is 13.1. The van der Waals surface area contributed by atoms with Crippen LogP contribution < -0.4 is 0 Å². The summed E-state index contributed by atoms with van der Waals surface area (Å²) in [6.45, 7) is 4.86. The predicted octanol–water partition coefficient (Wildman–Crippen LogP) is 8.08. The van der Waals surface area contributed by atoms with Gasteiger partial charge in [0.25, 0.3) is 0 Å². The quantitative estimate of drug-likeness (QED) is 0.257. The molecule has 0 amide bonds. The SMILES string of the molecule is Cc1cccc(CCCCCCCCCCCCCCCCCCO)c1C. The largest absolute Gasteiger partial charge is 0.396 e. The average Bonchev–Trinajstić information content (AvgIpc) is 2.67. The molecule has 0 radical (unpaired) electrons. The lowest BCUT2D eigenvalue weighted by Crippen LogP contribution is -1.92. The minimum absolute atomic E-state index is 0.368. The first kappa shape index (κ1) is 24.2. The molecule has 1 nitrogen and oxygen atoms in total. The van der Waals surface area contributed by atoms with Crippen LogP contribution in [0.2, 0.25) is 0 Å². The van der Waals surface area contributed by atoms with Gasteiger partial charge in [0.2, 0.25) is 0 Å². The van der Waals surface area contributed by atoms with Gasteiger partial charge in [0, 0.05) is 6.61 Å². The molecule has 0 saturated heterocycles. The summed E-state index contributed by atoms with van der Waals surface area (Å²) in [5.74, 6) is 0. The van der Waals surface area contributed by atoms with Gasteiger partial charge in [0.1, 0.15) is 0 Å². The molecule has 0 aliphatic heterocycles. The van der Waals surface area contributed by atoms with Gasteiger partial charge in [-0.15, -0.1) is 0 Å². The first-order valence-electron chi connectivity index (χ1n) is 11.9. The van der Waals surface area contributed by atoms with Crippen molar-refractivity contribution in [3.8, 4) is 0 Å². The predicted molar refractivity (Wildman–Crippen MR) is 121 cm³/mol. The van der Waals surface area contributed by atoms with E-state index in [0.717, 1.165) is 6.42 Å². The van der Waals surface area contributed by atoms with Crippen LogP contribution in [0.1, 0.15) is 119 Å². The number of hydrogen-bond acceptors (Lipinski definition) is 1. The molecule has 0 aliphatic rings. The highest BCUT2D eigenvalue weighted by molar-refractivity contribution is 5.33. The monoisotopic (exact) mass is 374 g/mol. The third-order valence-corrected chi connectivity index (χ3v) is 6.07. The minimum Gasteiger partial charge on any atom is -0.396 e. The Labute approximate surface area is 170 Å². The van der Waals surface area contributed by atoms with Crippen molar-refractivity contribution in [1.29, 1.82) is 0 Å². The van der Waals surface area contributed by atoms with Gasteiger partial charge in [-0.05, 0) is 49.8 Å². The molecule has 1 aromatic carbocycles. The lowest BCUT2D eigenvalue weighted by Gasteiger charge is -2.08. The van der Waals surface area contributed by atoms with Crippen LogP contribution >= 0.6 is 0 Å². The number of rotatable bonds is 18. The molecule has 27 heavy (non-hydrogen) atoms. The Balaban J connectivity index is 1.79. The number of benzene rings is 1. The lowest BCUT2D eigenvalue weighted by atomic mass is 9.98. The van der Waals surface area contributed by atoms with Crippen molar-refractivity contribution < 1.29 is 5.11 Å². The van der Waals surface area contributed by atoms with Crippen LogP contribution in [0.5, 0.6) is 0 Å². The van der Waals surface area contributed by atoms with E-state index in [4.69, 9.17) is 5.11 Å². The van der Waals surface area contributed by atoms with Gasteiger partial charge < -0.3 is 5.11 Å². The van der Waals surface area contributed by atoms with E-state index in [1.165, 1.54) is 114 Å². The number of aliphatic hydroxyl groups is 1. The number of aryl methyl sites for hydroxylation is 2. The van der Waals surface area contributed by atoms with Gasteiger partial charge >= 0.3 is 0 Å². The molecule has 0 spiro atoms. The summed E-state index contributed by atoms with van der Waals surface area (Å²) in [5, 5.41) is 8.74. The van der Waals surface area contributed by atoms with E-state index in [1.54, 1.807) is 5.56 Å². The van der Waals surface area contributed by atoms with E-state index in [0.29, 0.717) is 6.61 Å². The van der Waals surface area contributed by atoms with E-state index in [-0.39, 0.29) is 0 Å². The first-order chi connectivity index (χ1) is 13.3. The van der Waals surface area contributed by atoms with Gasteiger partial charge in [-0.2, -0.15) is 0 Å². The summed E-state index contributed by atoms with van der Waals surface area (Å²) < 4.78 is 0. The number of hydrogen-bond donors (Lipinski definition) is 1. The van der Waals surface area contributed by atoms with Crippen LogP contribution in [0.3, 0.4) is 0 Å². The van der Waals surface area contributed by atoms with Crippen molar-refractivity contribution in [2.75, 3.05) is 6.61 Å². The maximum absolute atomic E-state index is 8.74. The van der Waals surface area contributed by atoms with E-state index in [1.807, 2.05) is 0 Å². The van der Waals surface area contributed by atoms with Crippen molar-refractivity contribution in [2.45, 2.75) is 123 Å². The highest BCUT2D eigenvalue weighted by Gasteiger charge is 2.00. The van der Waals surface area contributed by atoms with E-state index in [9.17, 15) is 0 Å². The smallest absolute Gasteiger partial charge is 0.0431 e. The molecule has 0 aliphatic carbocycles. The molecule has 0 bridgehead atoms. The van der Waals surface area contributed by atoms with Gasteiger partial charge in [-0.1, -0.05) is 108 Å². The molecule has 1 heteroatoms. The Morgan fingerprint density at radius 3 is 1.41 bits per heavy atom. The molecule has 0 saturated carbocycles. The zero-order valence-corrected chi connectivity index (χ0v) is 18.4. The standard InChI is InChI=1S/C26H46O/c1-24-20-19-22-26(25(24)2)21-17-15-13-11-9-7-5-3-4-6-8-10-12-14-16-18-23-27/h19-20,22,27H,3-18,21,23H2,1-2H3. The van der Waals surface area contributed by atoms with Crippen molar-refractivity contribution in [2.24, 2.45) is 0 Å². The maximum Gasteiger partial charge on any atom is 0.0431 e. The van der Waals surface area contributed by atoms with E-state index in [2.05, 4.69) is 32.0 Å². The fourth-order valence-corrected chi connectivity index (χ4v) is 3.98. The van der Waals surface area contributed by atoms with Crippen LogP contribution in [-0.2, 0) is 6.42 Å². The first-order valence-corrected chi connectivity index (χ1v) is 11.9. The summed E-state index contributed by atoms with van der Waals surface area (Å²) in [4.78, 5) is 0. The molecule has 1 rings (SSSR count). The summed E-state index contributed by atoms with van der Waals surface area (Å²) in [6, 6.07) is 6.73. The van der Waals surface area contributed by atoms with Crippen LogP contribution in [0.4, 0.5) is 0 Å². The highest BCUT2D eigenvalue weighted by atomic mass is 16.2. The van der Waals surface area contributed by atoms with E-state index < -0.39 is 0 Å². The Morgan fingerprint density at radius 1 is 0.556 bits per heavy atom. The third-order valence-electron chi connectivity index (χ3n) is 6.07. The molecule has 0 unspecified atom stereocenters. The zero-order valence-electron chi connectivity index (χ0n) is 18.4. The molecular formula is C26H46O. The summed E-state index contributed by atoms with van der Waals surface area (Å²) in [7, 11) is 0. The van der Waals surface area contributed by atoms with Crippen molar-refractivity contribution in [3.05, 3.63) is 34.9 Å². The average molecular weight is 375 g/mol. The summed E-state index contributed by atoms with van der Waals surface area (Å²) >= 11 is 0. The van der Waals surface area contributed by atoms with Crippen LogP contribution in [0.15, 0.2) is 18.2 Å². The van der Waals surface area contributed by atoms with Gasteiger partial charge in [0.15, 0.2) is 0 Å². The summed E-state index contributed by atoms with van der Waals surface area (Å²) in [6.07, 6.45) is 23.2. The van der Waals surface area contributed by atoms with E-state index >= 15 is 0 Å². The zero-order chi connectivity index (χ0) is 19.6. The number of aliphatic hydroxyl groups excluding tert-OH is 1. The van der Waals surface area contributed by atoms with Crippen molar-refractivity contribution in [3.63, 3.8) is 0 Å². The Morgan fingerprint density at radius 2 is 0.963 bits per heavy atom. The minimum atomic E-state index is 0.368. The molecule has 156 valence electrons. The Kier molecular flexibility index (Phi) is 15.5. The number of unbranched alkanes of at least 4 members (excludes halogenated alkanes) is 15. The normalized spacial score (nSPS) is 11.2. The lowest BCUT2D eigenvalue weighted by molar-refractivity contribution is 0.282. The van der Waals surface area contributed by atoms with Crippen molar-refractivity contribution in [1.82, 2.24) is 0 Å². The van der Waals surface area contributed by atoms with Gasteiger partial charge in [-0.3, -0.25) is 0 Å². The molecule has 0 atom stereocenters. The molecule has 1 aromatic rings. The second-order valence-corrected chi connectivity index (χ2v) is 8.49. The second-order valence-electron chi connectivity index (χ2n) is 8.49. The Bertz CT molecular complexity index is 452. The summed E-state index contributed by atoms with van der Waals surface area (Å²) in [5.41, 5.74) is 4.49. The molecule has 0 fully saturated rings. The van der Waals surface area contributed by atoms with Crippen LogP contribution in [-0.4, -0.2) is 11.7 Å². The molecular weight excluding hydrogens is 328 g/mol. The second kappa shape index (κ2) is 17.3. The van der Waals surface area contributed by atoms with Gasteiger partial charge in [0.05, 0.1) is 0 Å². The molecule has 1 N–H and O–H groups in total. The van der Waals surface area contributed by atoms with Crippen LogP contribution in [0, 0.1) is 13.8 Å². The molecule has 0 aromatic heterocycles. The fourth-order valence-electron chi connectivity index (χ4n) is 3.98. The highest BCUT2D eigenvalue weighted by Crippen LogP contribution is 2.17. The van der Waals surface area contributed by atoms with Crippen LogP contribution in [0.25, 0.3) is 0 Å².